The predicted octanol–water partition coefficient (Wildman–Crippen LogP) is 2.63. The molecule has 1 aromatic carbocycles. The number of carbonyl (C=O) groups is 2. The van der Waals surface area contributed by atoms with Crippen LogP contribution in [0.3, 0.4) is 0 Å². The molecule has 2 atom stereocenters. The largest absolute Gasteiger partial charge is 0.334 e. The number of aromatic nitrogens is 1. The van der Waals surface area contributed by atoms with Gasteiger partial charge in [-0.2, -0.15) is 0 Å². The highest BCUT2D eigenvalue weighted by Crippen LogP contribution is 2.25. The van der Waals surface area contributed by atoms with Crippen LogP contribution in [0.25, 0.3) is 0 Å². The SMILES string of the molecule is CC(c1ccccc1)N1CC(NC(=O)Nc2nccs2)CC1=O. The summed E-state index contributed by atoms with van der Waals surface area (Å²) in [6, 6.07) is 9.38. The minimum Gasteiger partial charge on any atom is -0.334 e. The Morgan fingerprint density at radius 3 is 2.87 bits per heavy atom. The van der Waals surface area contributed by atoms with E-state index in [1.54, 1.807) is 11.6 Å². The number of likely N-dealkylation sites (tertiary alicyclic amines) is 1. The maximum Gasteiger partial charge on any atom is 0.321 e. The molecule has 3 amide bonds. The first-order chi connectivity index (χ1) is 11.1. The van der Waals surface area contributed by atoms with Gasteiger partial charge in [0.2, 0.25) is 5.91 Å². The summed E-state index contributed by atoms with van der Waals surface area (Å²) in [7, 11) is 0. The molecular weight excluding hydrogens is 312 g/mol. The number of hydrogen-bond acceptors (Lipinski definition) is 4. The highest BCUT2D eigenvalue weighted by atomic mass is 32.1. The molecule has 120 valence electrons. The van der Waals surface area contributed by atoms with E-state index in [2.05, 4.69) is 15.6 Å². The van der Waals surface area contributed by atoms with E-state index in [1.807, 2.05) is 42.2 Å². The minimum atomic E-state index is -0.327. The molecule has 2 heterocycles. The van der Waals surface area contributed by atoms with Crippen LogP contribution in [0.4, 0.5) is 9.93 Å². The lowest BCUT2D eigenvalue weighted by Crippen LogP contribution is -2.40. The van der Waals surface area contributed by atoms with Crippen molar-refractivity contribution in [3.8, 4) is 0 Å². The van der Waals surface area contributed by atoms with Gasteiger partial charge in [0.05, 0.1) is 12.1 Å². The molecule has 1 aliphatic rings. The first-order valence-corrected chi connectivity index (χ1v) is 8.33. The van der Waals surface area contributed by atoms with Crippen molar-refractivity contribution in [1.29, 1.82) is 0 Å². The number of amides is 3. The third-order valence-electron chi connectivity index (χ3n) is 3.90. The Labute approximate surface area is 138 Å². The molecule has 23 heavy (non-hydrogen) atoms. The van der Waals surface area contributed by atoms with E-state index in [9.17, 15) is 9.59 Å². The van der Waals surface area contributed by atoms with E-state index in [-0.39, 0.29) is 24.0 Å². The van der Waals surface area contributed by atoms with Crippen LogP contribution in [0, 0.1) is 0 Å². The van der Waals surface area contributed by atoms with Crippen molar-refractivity contribution < 1.29 is 9.59 Å². The molecule has 6 nitrogen and oxygen atoms in total. The van der Waals surface area contributed by atoms with Crippen LogP contribution in [0.15, 0.2) is 41.9 Å². The predicted molar refractivity (Wildman–Crippen MR) is 89.2 cm³/mol. The molecule has 2 aromatic rings. The van der Waals surface area contributed by atoms with Crippen LogP contribution in [-0.4, -0.2) is 34.4 Å². The number of nitrogens with zero attached hydrogens (tertiary/aromatic N) is 2. The fourth-order valence-electron chi connectivity index (χ4n) is 2.72. The van der Waals surface area contributed by atoms with Crippen molar-refractivity contribution in [1.82, 2.24) is 15.2 Å². The fraction of sp³-hybridized carbons (Fsp3) is 0.312. The van der Waals surface area contributed by atoms with E-state index < -0.39 is 0 Å². The third-order valence-corrected chi connectivity index (χ3v) is 4.58. The number of rotatable bonds is 4. The van der Waals surface area contributed by atoms with Crippen molar-refractivity contribution in [2.24, 2.45) is 0 Å². The topological polar surface area (TPSA) is 74.3 Å². The molecule has 1 aliphatic heterocycles. The van der Waals surface area contributed by atoms with Crippen molar-refractivity contribution in [3.05, 3.63) is 47.5 Å². The second-order valence-electron chi connectivity index (χ2n) is 5.47. The van der Waals surface area contributed by atoms with Gasteiger partial charge in [0, 0.05) is 24.5 Å². The van der Waals surface area contributed by atoms with Crippen LogP contribution in [0.1, 0.15) is 24.9 Å². The Balaban J connectivity index is 1.58. The standard InChI is InChI=1S/C16H18N4O2S/c1-11(12-5-3-2-4-6-12)20-10-13(9-14(20)21)18-15(22)19-16-17-7-8-23-16/h2-8,11,13H,9-10H2,1H3,(H2,17,18,19,22). The maximum atomic E-state index is 12.2. The summed E-state index contributed by atoms with van der Waals surface area (Å²) in [6.45, 7) is 2.52. The summed E-state index contributed by atoms with van der Waals surface area (Å²) in [5.74, 6) is 0.0564. The van der Waals surface area contributed by atoms with Gasteiger partial charge in [-0.1, -0.05) is 30.3 Å². The molecule has 1 saturated heterocycles. The number of carbonyl (C=O) groups excluding carboxylic acids is 2. The zero-order valence-corrected chi connectivity index (χ0v) is 13.5. The highest BCUT2D eigenvalue weighted by Gasteiger charge is 2.33. The van der Waals surface area contributed by atoms with E-state index in [0.717, 1.165) is 5.56 Å². The second kappa shape index (κ2) is 6.78. The van der Waals surface area contributed by atoms with Crippen LogP contribution >= 0.6 is 11.3 Å². The Hall–Kier alpha value is -2.41. The lowest BCUT2D eigenvalue weighted by molar-refractivity contribution is -0.129. The third kappa shape index (κ3) is 3.68. The summed E-state index contributed by atoms with van der Waals surface area (Å²) < 4.78 is 0. The Kier molecular flexibility index (Phi) is 4.57. The molecule has 0 spiro atoms. The van der Waals surface area contributed by atoms with Crippen molar-refractivity contribution >= 4 is 28.4 Å². The highest BCUT2D eigenvalue weighted by molar-refractivity contribution is 7.13. The molecule has 1 fully saturated rings. The zero-order valence-electron chi connectivity index (χ0n) is 12.7. The number of benzene rings is 1. The lowest BCUT2D eigenvalue weighted by atomic mass is 10.1. The van der Waals surface area contributed by atoms with Gasteiger partial charge < -0.3 is 10.2 Å². The summed E-state index contributed by atoms with van der Waals surface area (Å²) in [5.41, 5.74) is 1.09. The summed E-state index contributed by atoms with van der Waals surface area (Å²) >= 11 is 1.35. The Bertz CT molecular complexity index is 675. The van der Waals surface area contributed by atoms with Crippen LogP contribution in [-0.2, 0) is 4.79 Å². The molecule has 2 N–H and O–H groups in total. The molecular formula is C16H18N4O2S. The number of nitrogens with one attached hydrogen (secondary N) is 2. The second-order valence-corrected chi connectivity index (χ2v) is 6.36. The normalized spacial score (nSPS) is 18.7. The smallest absolute Gasteiger partial charge is 0.321 e. The maximum absolute atomic E-state index is 12.2. The van der Waals surface area contributed by atoms with E-state index in [4.69, 9.17) is 0 Å². The van der Waals surface area contributed by atoms with Gasteiger partial charge in [0.15, 0.2) is 5.13 Å². The van der Waals surface area contributed by atoms with E-state index >= 15 is 0 Å². The minimum absolute atomic E-state index is 0.00229. The van der Waals surface area contributed by atoms with E-state index in [0.29, 0.717) is 18.1 Å². The van der Waals surface area contributed by atoms with Gasteiger partial charge in [-0.3, -0.25) is 10.1 Å². The first kappa shape index (κ1) is 15.5. The number of hydrogen-bond donors (Lipinski definition) is 2. The average molecular weight is 330 g/mol. The lowest BCUT2D eigenvalue weighted by Gasteiger charge is -2.25. The molecule has 3 rings (SSSR count). The monoisotopic (exact) mass is 330 g/mol. The summed E-state index contributed by atoms with van der Waals surface area (Å²) in [5, 5.41) is 7.84. The molecule has 0 saturated carbocycles. The first-order valence-electron chi connectivity index (χ1n) is 7.45. The van der Waals surface area contributed by atoms with Crippen molar-refractivity contribution in [2.45, 2.75) is 25.4 Å². The van der Waals surface area contributed by atoms with E-state index in [1.165, 1.54) is 11.3 Å². The van der Waals surface area contributed by atoms with Gasteiger partial charge in [0.1, 0.15) is 0 Å². The average Bonchev–Trinajstić information content (AvgIpc) is 3.17. The molecule has 2 unspecified atom stereocenters. The fourth-order valence-corrected chi connectivity index (χ4v) is 3.24. The quantitative estimate of drug-likeness (QED) is 0.905. The Morgan fingerprint density at radius 2 is 2.17 bits per heavy atom. The summed E-state index contributed by atoms with van der Waals surface area (Å²) in [4.78, 5) is 30.0. The molecule has 0 bridgehead atoms. The van der Waals surface area contributed by atoms with Crippen molar-refractivity contribution in [2.75, 3.05) is 11.9 Å². The number of thiazole rings is 1. The van der Waals surface area contributed by atoms with Gasteiger partial charge in [-0.25, -0.2) is 9.78 Å². The summed E-state index contributed by atoms with van der Waals surface area (Å²) in [6.07, 6.45) is 1.95. The number of urea groups is 1. The van der Waals surface area contributed by atoms with Crippen LogP contribution < -0.4 is 10.6 Å². The van der Waals surface area contributed by atoms with Gasteiger partial charge >= 0.3 is 6.03 Å². The molecule has 0 aliphatic carbocycles. The molecule has 1 aromatic heterocycles. The van der Waals surface area contributed by atoms with Crippen molar-refractivity contribution in [3.63, 3.8) is 0 Å². The van der Waals surface area contributed by atoms with Gasteiger partial charge in [-0.05, 0) is 12.5 Å². The van der Waals surface area contributed by atoms with Gasteiger partial charge in [-0.15, -0.1) is 11.3 Å². The number of anilines is 1. The molecule has 0 radical (unpaired) electrons. The van der Waals surface area contributed by atoms with Gasteiger partial charge in [0.25, 0.3) is 0 Å². The molecule has 7 heteroatoms. The Morgan fingerprint density at radius 1 is 1.39 bits per heavy atom. The van der Waals surface area contributed by atoms with Crippen LogP contribution in [0.2, 0.25) is 0 Å². The van der Waals surface area contributed by atoms with Crippen LogP contribution in [0.5, 0.6) is 0 Å². The zero-order chi connectivity index (χ0) is 16.2.